The van der Waals surface area contributed by atoms with Crippen LogP contribution < -0.4 is 14.8 Å². The minimum Gasteiger partial charge on any atom is -0.497 e. The first-order chi connectivity index (χ1) is 13.3. The number of aliphatic hydroxyl groups is 1. The molecule has 0 bridgehead atoms. The van der Waals surface area contributed by atoms with E-state index < -0.39 is 0 Å². The zero-order valence-corrected chi connectivity index (χ0v) is 17.7. The molecule has 3 rings (SSSR count). The van der Waals surface area contributed by atoms with Gasteiger partial charge in [0.1, 0.15) is 5.75 Å². The van der Waals surface area contributed by atoms with Gasteiger partial charge in [0.15, 0.2) is 0 Å². The van der Waals surface area contributed by atoms with E-state index in [4.69, 9.17) is 4.74 Å². The highest BCUT2D eigenvalue weighted by Crippen LogP contribution is 2.27. The topological polar surface area (TPSA) is 66.4 Å². The van der Waals surface area contributed by atoms with Crippen LogP contribution in [0, 0.1) is 5.41 Å². The van der Waals surface area contributed by atoms with Gasteiger partial charge in [0, 0.05) is 35.6 Å². The lowest BCUT2D eigenvalue weighted by molar-refractivity contribution is 0.0684. The lowest BCUT2D eigenvalue weighted by Gasteiger charge is -2.24. The average Bonchev–Trinajstić information content (AvgIpc) is 2.68. The molecule has 3 aromatic rings. The van der Waals surface area contributed by atoms with Gasteiger partial charge in [0.2, 0.25) is 0 Å². The number of hydrogen-bond acceptors (Lipinski definition) is 6. The third-order valence-corrected chi connectivity index (χ3v) is 4.47. The van der Waals surface area contributed by atoms with Crippen molar-refractivity contribution in [1.82, 2.24) is 9.71 Å². The van der Waals surface area contributed by atoms with Crippen molar-refractivity contribution in [2.45, 2.75) is 26.9 Å². The number of aromatic nitrogens is 1. The van der Waals surface area contributed by atoms with Crippen LogP contribution in [0.15, 0.2) is 60.8 Å². The van der Waals surface area contributed by atoms with Crippen LogP contribution in [0.5, 0.6) is 5.75 Å². The van der Waals surface area contributed by atoms with Crippen molar-refractivity contribution >= 4 is 35.1 Å². The second-order valence-corrected chi connectivity index (χ2v) is 7.79. The molecule has 1 aromatic heterocycles. The molecule has 0 aliphatic heterocycles. The van der Waals surface area contributed by atoms with Crippen molar-refractivity contribution in [3.05, 3.63) is 60.8 Å². The first kappa shape index (κ1) is 22.0. The summed E-state index contributed by atoms with van der Waals surface area (Å²) in [5, 5.41) is 13.8. The van der Waals surface area contributed by atoms with E-state index in [1.807, 2.05) is 75.4 Å². The van der Waals surface area contributed by atoms with Crippen molar-refractivity contribution in [3.8, 4) is 5.75 Å². The van der Waals surface area contributed by atoms with Crippen LogP contribution in [0.1, 0.15) is 20.8 Å². The summed E-state index contributed by atoms with van der Waals surface area (Å²) < 4.78 is 7.84. The molecule has 0 radical (unpaired) electrons. The number of fused-ring (bicyclic) bond motifs is 1. The second-order valence-electron chi connectivity index (χ2n) is 7.48. The van der Waals surface area contributed by atoms with Crippen LogP contribution in [0.2, 0.25) is 0 Å². The molecule has 150 valence electrons. The Kier molecular flexibility index (Phi) is 8.11. The molecule has 1 heterocycles. The number of aliphatic hydroxyl groups excluding tert-OH is 1. The number of pyridine rings is 1. The summed E-state index contributed by atoms with van der Waals surface area (Å²) in [7, 11) is 1.66. The van der Waals surface area contributed by atoms with Gasteiger partial charge in [0.25, 0.3) is 0 Å². The van der Waals surface area contributed by atoms with Crippen molar-refractivity contribution in [1.29, 1.82) is 0 Å². The van der Waals surface area contributed by atoms with Gasteiger partial charge in [-0.3, -0.25) is 9.71 Å². The highest BCUT2D eigenvalue weighted by molar-refractivity contribution is 7.78. The van der Waals surface area contributed by atoms with Crippen LogP contribution in [0.25, 0.3) is 10.9 Å². The fourth-order valence-corrected chi connectivity index (χ4v) is 2.61. The van der Waals surface area contributed by atoms with E-state index in [0.29, 0.717) is 6.54 Å². The summed E-state index contributed by atoms with van der Waals surface area (Å²) in [6, 6.07) is 18.0. The average molecular weight is 400 g/mol. The first-order valence-electron chi connectivity index (χ1n) is 9.15. The maximum atomic E-state index is 9.27. The third kappa shape index (κ3) is 6.41. The van der Waals surface area contributed by atoms with E-state index in [1.165, 1.54) is 0 Å². The van der Waals surface area contributed by atoms with Gasteiger partial charge >= 0.3 is 0 Å². The first-order valence-corrected chi connectivity index (χ1v) is 9.59. The molecule has 0 aliphatic rings. The number of anilines is 2. The minimum atomic E-state index is -0.324. The molecular weight excluding hydrogens is 370 g/mol. The van der Waals surface area contributed by atoms with Crippen molar-refractivity contribution < 1.29 is 9.84 Å². The Labute approximate surface area is 172 Å². The molecule has 6 heteroatoms. The summed E-state index contributed by atoms with van der Waals surface area (Å²) in [4.78, 5) is 4.37. The monoisotopic (exact) mass is 399 g/mol. The maximum Gasteiger partial charge on any atom is 0.121 e. The molecule has 5 nitrogen and oxygen atoms in total. The standard InChI is InChI=1S/C16H14N2O.C6H15NOS/c1-19-13-7-8-14-15(9-10-17-16(14)11-13)18-12-5-3-2-4-6-12;1-6(2,3)5(8)4-7-9/h2-11H,1H3,(H,17,18);5,7-9H,4H2,1-3H3. The number of nitrogens with zero attached hydrogens (tertiary/aromatic N) is 1. The summed E-state index contributed by atoms with van der Waals surface area (Å²) in [6.45, 7) is 6.50. The van der Waals surface area contributed by atoms with Crippen LogP contribution in [-0.4, -0.2) is 29.8 Å². The molecule has 1 atom stereocenters. The highest BCUT2D eigenvalue weighted by atomic mass is 32.1. The zero-order valence-electron chi connectivity index (χ0n) is 16.8. The molecule has 3 N–H and O–H groups in total. The summed E-state index contributed by atoms with van der Waals surface area (Å²) in [5.74, 6) is 0.817. The van der Waals surface area contributed by atoms with Gasteiger partial charge in [-0.2, -0.15) is 0 Å². The molecule has 0 aliphatic carbocycles. The SMILES string of the molecule is CC(C)(C)C(O)CNS.COc1ccc2c(Nc3ccccc3)ccnc2c1. The summed E-state index contributed by atoms with van der Waals surface area (Å²) in [5.41, 5.74) is 2.97. The van der Waals surface area contributed by atoms with E-state index in [9.17, 15) is 5.11 Å². The molecule has 0 spiro atoms. The highest BCUT2D eigenvalue weighted by Gasteiger charge is 2.20. The lowest BCUT2D eigenvalue weighted by atomic mass is 9.89. The van der Waals surface area contributed by atoms with E-state index >= 15 is 0 Å². The molecule has 28 heavy (non-hydrogen) atoms. The third-order valence-electron chi connectivity index (χ3n) is 4.29. The number of hydrogen-bond donors (Lipinski definition) is 4. The smallest absolute Gasteiger partial charge is 0.121 e. The predicted octanol–water partition coefficient (Wildman–Crippen LogP) is 4.81. The molecule has 0 amide bonds. The summed E-state index contributed by atoms with van der Waals surface area (Å²) >= 11 is 3.78. The number of nitrogens with one attached hydrogen (secondary N) is 2. The number of para-hydroxylation sites is 1. The largest absolute Gasteiger partial charge is 0.497 e. The van der Waals surface area contributed by atoms with Crippen LogP contribution in [-0.2, 0) is 0 Å². The van der Waals surface area contributed by atoms with Crippen LogP contribution in [0.4, 0.5) is 11.4 Å². The number of ether oxygens (including phenoxy) is 1. The van der Waals surface area contributed by atoms with Crippen molar-refractivity contribution in [2.75, 3.05) is 19.0 Å². The maximum absolute atomic E-state index is 9.27. The van der Waals surface area contributed by atoms with E-state index in [2.05, 4.69) is 27.8 Å². The van der Waals surface area contributed by atoms with E-state index in [0.717, 1.165) is 28.0 Å². The molecule has 0 saturated carbocycles. The van der Waals surface area contributed by atoms with Gasteiger partial charge in [0.05, 0.1) is 18.7 Å². The number of benzene rings is 2. The van der Waals surface area contributed by atoms with E-state index in [1.54, 1.807) is 13.3 Å². The fourth-order valence-electron chi connectivity index (χ4n) is 2.43. The normalized spacial score (nSPS) is 12.1. The van der Waals surface area contributed by atoms with Gasteiger partial charge in [-0.15, -0.1) is 0 Å². The Balaban J connectivity index is 0.000000266. The summed E-state index contributed by atoms with van der Waals surface area (Å²) in [6.07, 6.45) is 1.47. The van der Waals surface area contributed by atoms with Gasteiger partial charge in [-0.1, -0.05) is 51.8 Å². The van der Waals surface area contributed by atoms with Gasteiger partial charge in [-0.05, 0) is 35.7 Å². The van der Waals surface area contributed by atoms with Crippen molar-refractivity contribution in [3.63, 3.8) is 0 Å². The quantitative estimate of drug-likeness (QED) is 0.464. The van der Waals surface area contributed by atoms with E-state index in [-0.39, 0.29) is 11.5 Å². The molecule has 0 fully saturated rings. The Hall–Kier alpha value is -2.28. The molecule has 1 unspecified atom stereocenters. The number of thiol groups is 1. The zero-order chi connectivity index (χ0) is 20.6. The van der Waals surface area contributed by atoms with Gasteiger partial charge in [-0.25, -0.2) is 0 Å². The number of rotatable bonds is 5. The predicted molar refractivity (Wildman–Crippen MR) is 120 cm³/mol. The minimum absolute atomic E-state index is 0.0459. The molecular formula is C22H29N3O2S. The van der Waals surface area contributed by atoms with Crippen LogP contribution in [0.3, 0.4) is 0 Å². The molecule has 0 saturated heterocycles. The fraction of sp³-hybridized carbons (Fsp3) is 0.318. The Morgan fingerprint density at radius 3 is 2.39 bits per heavy atom. The lowest BCUT2D eigenvalue weighted by Crippen LogP contribution is -2.33. The Morgan fingerprint density at radius 1 is 1.11 bits per heavy atom. The Morgan fingerprint density at radius 2 is 1.82 bits per heavy atom. The second kappa shape index (κ2) is 10.3. The van der Waals surface area contributed by atoms with Gasteiger partial charge < -0.3 is 15.2 Å². The number of methoxy groups -OCH3 is 1. The van der Waals surface area contributed by atoms with Crippen molar-refractivity contribution in [2.24, 2.45) is 5.41 Å². The molecule has 2 aromatic carbocycles. The van der Waals surface area contributed by atoms with Crippen LogP contribution >= 0.6 is 12.8 Å². The Bertz CT molecular complexity index is 867.